The van der Waals surface area contributed by atoms with E-state index in [0.29, 0.717) is 12.1 Å². The van der Waals surface area contributed by atoms with E-state index < -0.39 is 0 Å². The summed E-state index contributed by atoms with van der Waals surface area (Å²) in [6, 6.07) is 0. The molecule has 0 saturated heterocycles. The van der Waals surface area contributed by atoms with Crippen LogP contribution in [0.25, 0.3) is 0 Å². The molecule has 1 N–H and O–H groups in total. The lowest BCUT2D eigenvalue weighted by Crippen LogP contribution is -2.99. The van der Waals surface area contributed by atoms with Gasteiger partial charge in [-0.15, -0.1) is 0 Å². The SMILES string of the molecule is O=C1C=CC2=C(C=C[NH+]2[O-])C1. The normalized spacial score (nSPS) is 28.1. The lowest BCUT2D eigenvalue weighted by atomic mass is 10.0. The van der Waals surface area contributed by atoms with Gasteiger partial charge in [-0.1, -0.05) is 0 Å². The van der Waals surface area contributed by atoms with Crippen molar-refractivity contribution >= 4 is 5.78 Å². The molecule has 0 amide bonds. The number of carbonyl (C=O) groups excluding carboxylic acids is 1. The minimum atomic E-state index is 0.0174. The monoisotopic (exact) mass is 149 g/mol. The van der Waals surface area contributed by atoms with Gasteiger partial charge in [0.15, 0.2) is 5.78 Å². The Morgan fingerprint density at radius 2 is 2.18 bits per heavy atom. The summed E-state index contributed by atoms with van der Waals surface area (Å²) in [4.78, 5) is 10.8. The average molecular weight is 149 g/mol. The summed E-state index contributed by atoms with van der Waals surface area (Å²) >= 11 is 0. The Balaban J connectivity index is 2.38. The molecule has 3 nitrogen and oxygen atoms in total. The largest absolute Gasteiger partial charge is 0.624 e. The molecule has 1 unspecified atom stereocenters. The zero-order chi connectivity index (χ0) is 7.84. The summed E-state index contributed by atoms with van der Waals surface area (Å²) in [5.74, 6) is 0.0723. The number of hydrogen-bond acceptors (Lipinski definition) is 2. The van der Waals surface area contributed by atoms with Crippen LogP contribution in [0.3, 0.4) is 0 Å². The fraction of sp³-hybridized carbons (Fsp3) is 0.125. The molecule has 1 aliphatic heterocycles. The number of allylic oxidation sites excluding steroid dienone is 4. The van der Waals surface area contributed by atoms with Crippen molar-refractivity contribution in [2.75, 3.05) is 0 Å². The molecular formula is C8H7NO2. The van der Waals surface area contributed by atoms with Crippen LogP contribution < -0.4 is 5.06 Å². The Hall–Kier alpha value is -1.19. The standard InChI is InChI=1S/C8H7NO2/c10-7-1-2-8-6(5-7)3-4-9(8)11/h1-4,9H,5H2. The second-order valence-electron chi connectivity index (χ2n) is 2.61. The predicted octanol–water partition coefficient (Wildman–Crippen LogP) is -0.321. The second-order valence-corrected chi connectivity index (χ2v) is 2.61. The van der Waals surface area contributed by atoms with Gasteiger partial charge in [0.25, 0.3) is 0 Å². The molecule has 0 aromatic rings. The van der Waals surface area contributed by atoms with Crippen molar-refractivity contribution in [3.63, 3.8) is 0 Å². The molecule has 11 heavy (non-hydrogen) atoms. The van der Waals surface area contributed by atoms with E-state index in [1.165, 1.54) is 12.3 Å². The third-order valence-electron chi connectivity index (χ3n) is 1.85. The minimum Gasteiger partial charge on any atom is -0.624 e. The molecule has 0 bridgehead atoms. The van der Waals surface area contributed by atoms with Gasteiger partial charge >= 0.3 is 0 Å². The van der Waals surface area contributed by atoms with Crippen molar-refractivity contribution < 1.29 is 9.86 Å². The number of nitrogens with one attached hydrogen (secondary N) is 1. The van der Waals surface area contributed by atoms with Gasteiger partial charge in [-0.25, -0.2) is 0 Å². The van der Waals surface area contributed by atoms with Gasteiger partial charge in [0, 0.05) is 24.1 Å². The highest BCUT2D eigenvalue weighted by Gasteiger charge is 2.20. The van der Waals surface area contributed by atoms with Gasteiger partial charge < -0.3 is 10.3 Å². The van der Waals surface area contributed by atoms with Crippen LogP contribution in [0.1, 0.15) is 6.42 Å². The van der Waals surface area contributed by atoms with Crippen LogP contribution >= 0.6 is 0 Å². The molecule has 0 saturated carbocycles. The number of rotatable bonds is 0. The Labute approximate surface area is 63.9 Å². The number of ketones is 1. The van der Waals surface area contributed by atoms with Crippen LogP contribution in [-0.4, -0.2) is 5.78 Å². The summed E-state index contributed by atoms with van der Waals surface area (Å²) in [7, 11) is 0. The van der Waals surface area contributed by atoms with Crippen molar-refractivity contribution in [3.05, 3.63) is 40.9 Å². The molecule has 1 atom stereocenters. The molecule has 0 aromatic heterocycles. The summed E-state index contributed by atoms with van der Waals surface area (Å²) in [5.41, 5.74) is 1.55. The number of quaternary nitrogens is 1. The summed E-state index contributed by atoms with van der Waals surface area (Å²) in [6.45, 7) is 0. The van der Waals surface area contributed by atoms with Crippen LogP contribution in [-0.2, 0) is 4.79 Å². The van der Waals surface area contributed by atoms with E-state index in [-0.39, 0.29) is 10.8 Å². The second kappa shape index (κ2) is 2.15. The smallest absolute Gasteiger partial charge is 0.160 e. The third kappa shape index (κ3) is 0.943. The van der Waals surface area contributed by atoms with Crippen LogP contribution in [0.15, 0.2) is 35.7 Å². The van der Waals surface area contributed by atoms with E-state index in [4.69, 9.17) is 0 Å². The Morgan fingerprint density at radius 3 is 3.00 bits per heavy atom. The first kappa shape index (κ1) is 6.52. The van der Waals surface area contributed by atoms with Crippen LogP contribution in [0.4, 0.5) is 0 Å². The Morgan fingerprint density at radius 1 is 1.36 bits per heavy atom. The topological polar surface area (TPSA) is 44.6 Å². The quantitative estimate of drug-likeness (QED) is 0.480. The predicted molar refractivity (Wildman–Crippen MR) is 39.3 cm³/mol. The first-order chi connectivity index (χ1) is 5.27. The van der Waals surface area contributed by atoms with Gasteiger partial charge in [-0.3, -0.25) is 4.79 Å². The van der Waals surface area contributed by atoms with Gasteiger partial charge in [0.2, 0.25) is 0 Å². The van der Waals surface area contributed by atoms with Crippen LogP contribution in [0, 0.1) is 5.21 Å². The van der Waals surface area contributed by atoms with E-state index >= 15 is 0 Å². The summed E-state index contributed by atoms with van der Waals surface area (Å²) in [6.07, 6.45) is 6.67. The van der Waals surface area contributed by atoms with Crippen molar-refractivity contribution in [1.29, 1.82) is 0 Å². The lowest BCUT2D eigenvalue weighted by molar-refractivity contribution is -0.739. The van der Waals surface area contributed by atoms with E-state index in [9.17, 15) is 10.0 Å². The summed E-state index contributed by atoms with van der Waals surface area (Å²) in [5, 5.41) is 11.0. The van der Waals surface area contributed by atoms with Gasteiger partial charge in [0.1, 0.15) is 5.70 Å². The highest BCUT2D eigenvalue weighted by Crippen LogP contribution is 2.16. The van der Waals surface area contributed by atoms with E-state index in [1.54, 1.807) is 12.2 Å². The third-order valence-corrected chi connectivity index (χ3v) is 1.85. The number of carbonyl (C=O) groups is 1. The molecule has 0 fully saturated rings. The first-order valence-electron chi connectivity index (χ1n) is 3.44. The van der Waals surface area contributed by atoms with Crippen LogP contribution in [0.5, 0.6) is 0 Å². The number of hydrogen-bond donors (Lipinski definition) is 1. The maximum Gasteiger partial charge on any atom is 0.160 e. The molecule has 56 valence electrons. The molecular weight excluding hydrogens is 142 g/mol. The molecule has 2 aliphatic rings. The minimum absolute atomic E-state index is 0.0174. The fourth-order valence-corrected chi connectivity index (χ4v) is 1.28. The highest BCUT2D eigenvalue weighted by molar-refractivity contribution is 5.93. The lowest BCUT2D eigenvalue weighted by Gasteiger charge is -2.15. The van der Waals surface area contributed by atoms with Crippen molar-refractivity contribution in [3.8, 4) is 0 Å². The van der Waals surface area contributed by atoms with E-state index in [1.807, 2.05) is 0 Å². The first-order valence-corrected chi connectivity index (χ1v) is 3.44. The van der Waals surface area contributed by atoms with Gasteiger partial charge in [0.05, 0.1) is 6.20 Å². The summed E-state index contributed by atoms with van der Waals surface area (Å²) < 4.78 is 0. The fourth-order valence-electron chi connectivity index (χ4n) is 1.28. The molecule has 2 rings (SSSR count). The molecule has 1 heterocycles. The van der Waals surface area contributed by atoms with Crippen LogP contribution in [0.2, 0.25) is 0 Å². The molecule has 0 radical (unpaired) electrons. The molecule has 0 spiro atoms. The van der Waals surface area contributed by atoms with Crippen molar-refractivity contribution in [2.24, 2.45) is 0 Å². The Bertz CT molecular complexity index is 299. The van der Waals surface area contributed by atoms with E-state index in [2.05, 4.69) is 0 Å². The maximum atomic E-state index is 11.0. The molecule has 1 aliphatic carbocycles. The zero-order valence-electron chi connectivity index (χ0n) is 5.83. The van der Waals surface area contributed by atoms with E-state index in [0.717, 1.165) is 5.57 Å². The van der Waals surface area contributed by atoms with Crippen molar-refractivity contribution in [2.45, 2.75) is 6.42 Å². The maximum absolute atomic E-state index is 11.0. The zero-order valence-corrected chi connectivity index (χ0v) is 5.83. The van der Waals surface area contributed by atoms with Crippen molar-refractivity contribution in [1.82, 2.24) is 0 Å². The van der Waals surface area contributed by atoms with Gasteiger partial charge in [-0.2, -0.15) is 0 Å². The number of hydroxylamine groups is 2. The molecule has 0 aromatic carbocycles. The average Bonchev–Trinajstić information content (AvgIpc) is 2.32. The van der Waals surface area contributed by atoms with Gasteiger partial charge in [-0.05, 0) is 6.08 Å². The Kier molecular flexibility index (Phi) is 1.27. The molecule has 3 heteroatoms. The highest BCUT2D eigenvalue weighted by atomic mass is 16.5.